The fourth-order valence-electron chi connectivity index (χ4n) is 3.12. The van der Waals surface area contributed by atoms with E-state index < -0.39 is 0 Å². The number of aryl methyl sites for hydroxylation is 2. The average molecular weight is 328 g/mol. The van der Waals surface area contributed by atoms with E-state index in [0.717, 1.165) is 17.9 Å². The topological polar surface area (TPSA) is 59.4 Å². The van der Waals surface area contributed by atoms with Gasteiger partial charge in [0, 0.05) is 25.4 Å². The number of hydrogen-bond donors (Lipinski definition) is 1. The molecule has 1 fully saturated rings. The van der Waals surface area contributed by atoms with Crippen molar-refractivity contribution in [3.8, 4) is 5.69 Å². The molecule has 3 rings (SSSR count). The number of carbonyl (C=O) groups is 1. The molecular weight excluding hydrogens is 304 g/mol. The number of ether oxygens (including phenoxy) is 1. The molecule has 128 valence electrons. The highest BCUT2D eigenvalue weighted by atomic mass is 16.5. The summed E-state index contributed by atoms with van der Waals surface area (Å²) in [5.41, 5.74) is 3.16. The first-order valence-electron chi connectivity index (χ1n) is 8.15. The van der Waals surface area contributed by atoms with E-state index >= 15 is 0 Å². The molecular formula is C18H24N4O2. The molecule has 0 unspecified atom stereocenters. The van der Waals surface area contributed by atoms with Crippen LogP contribution in [0, 0.1) is 13.8 Å². The van der Waals surface area contributed by atoms with Gasteiger partial charge in [-0.15, -0.1) is 5.10 Å². The summed E-state index contributed by atoms with van der Waals surface area (Å²) in [6.07, 6.45) is 0.814. The van der Waals surface area contributed by atoms with Gasteiger partial charge in [0.2, 0.25) is 5.91 Å². The largest absolute Gasteiger partial charge is 0.380 e. The van der Waals surface area contributed by atoms with Crippen molar-refractivity contribution in [1.29, 1.82) is 0 Å². The molecule has 24 heavy (non-hydrogen) atoms. The quantitative estimate of drug-likeness (QED) is 0.934. The van der Waals surface area contributed by atoms with Crippen molar-refractivity contribution in [3.05, 3.63) is 41.6 Å². The third kappa shape index (κ3) is 3.34. The normalized spacial score (nSPS) is 21.2. The molecule has 0 spiro atoms. The van der Waals surface area contributed by atoms with Gasteiger partial charge >= 0.3 is 0 Å². The summed E-state index contributed by atoms with van der Waals surface area (Å²) in [5, 5.41) is 7.45. The van der Waals surface area contributed by atoms with E-state index in [1.165, 1.54) is 5.56 Å². The minimum atomic E-state index is -0.181. The summed E-state index contributed by atoms with van der Waals surface area (Å²) in [6.45, 7) is 4.80. The zero-order valence-electron chi connectivity index (χ0n) is 14.6. The molecule has 1 aromatic carbocycles. The van der Waals surface area contributed by atoms with E-state index in [1.807, 2.05) is 53.9 Å². The second-order valence-corrected chi connectivity index (χ2v) is 6.46. The summed E-state index contributed by atoms with van der Waals surface area (Å²) in [5.74, 6) is 0.540. The smallest absolute Gasteiger partial charge is 0.243 e. The van der Waals surface area contributed by atoms with Crippen LogP contribution >= 0.6 is 0 Å². The van der Waals surface area contributed by atoms with Crippen LogP contribution in [0.1, 0.15) is 17.7 Å². The van der Waals surface area contributed by atoms with E-state index in [4.69, 9.17) is 4.74 Å². The van der Waals surface area contributed by atoms with Gasteiger partial charge in [-0.1, -0.05) is 17.7 Å². The SMILES string of the molecule is CO[C@H]1C[C@@H](C(=O)Nc2cc(C)n(-c3ccc(C)cc3)n2)N(C)C1. The van der Waals surface area contributed by atoms with Crippen molar-refractivity contribution in [1.82, 2.24) is 14.7 Å². The van der Waals surface area contributed by atoms with Crippen LogP contribution in [0.3, 0.4) is 0 Å². The highest BCUT2D eigenvalue weighted by Gasteiger charge is 2.34. The van der Waals surface area contributed by atoms with E-state index in [2.05, 4.69) is 17.3 Å². The van der Waals surface area contributed by atoms with Crippen LogP contribution in [0.5, 0.6) is 0 Å². The molecule has 2 aromatic rings. The van der Waals surface area contributed by atoms with E-state index in [1.54, 1.807) is 7.11 Å². The predicted octanol–water partition coefficient (Wildman–Crippen LogP) is 2.15. The maximum atomic E-state index is 12.5. The van der Waals surface area contributed by atoms with Crippen LogP contribution in [-0.4, -0.2) is 53.4 Å². The summed E-state index contributed by atoms with van der Waals surface area (Å²) in [7, 11) is 3.63. The number of methoxy groups -OCH3 is 1. The predicted molar refractivity (Wildman–Crippen MR) is 93.5 cm³/mol. The number of benzene rings is 1. The molecule has 1 aliphatic rings. The summed E-state index contributed by atoms with van der Waals surface area (Å²) in [4.78, 5) is 14.6. The van der Waals surface area contributed by atoms with Gasteiger partial charge in [0.1, 0.15) is 0 Å². The number of carbonyl (C=O) groups excluding carboxylic acids is 1. The fraction of sp³-hybridized carbons (Fsp3) is 0.444. The Labute approximate surface area is 142 Å². The van der Waals surface area contributed by atoms with Gasteiger partial charge in [-0.2, -0.15) is 0 Å². The van der Waals surface area contributed by atoms with E-state index in [-0.39, 0.29) is 18.1 Å². The Morgan fingerprint density at radius 2 is 2.00 bits per heavy atom. The zero-order valence-corrected chi connectivity index (χ0v) is 14.6. The summed E-state index contributed by atoms with van der Waals surface area (Å²) < 4.78 is 7.20. The number of amides is 1. The Balaban J connectivity index is 1.73. The number of nitrogens with zero attached hydrogens (tertiary/aromatic N) is 3. The molecule has 0 saturated carbocycles. The van der Waals surface area contributed by atoms with Crippen LogP contribution in [-0.2, 0) is 9.53 Å². The molecule has 2 atom stereocenters. The molecule has 0 radical (unpaired) electrons. The molecule has 0 aliphatic carbocycles. The van der Waals surface area contributed by atoms with E-state index in [9.17, 15) is 4.79 Å². The monoisotopic (exact) mass is 328 g/mol. The number of likely N-dealkylation sites (tertiary alicyclic amines) is 1. The number of likely N-dealkylation sites (N-methyl/N-ethyl adjacent to an activating group) is 1. The van der Waals surface area contributed by atoms with Gasteiger partial charge in [-0.3, -0.25) is 9.69 Å². The lowest BCUT2D eigenvalue weighted by Gasteiger charge is -2.17. The molecule has 1 saturated heterocycles. The van der Waals surface area contributed by atoms with Gasteiger partial charge < -0.3 is 10.1 Å². The molecule has 0 bridgehead atoms. The Morgan fingerprint density at radius 3 is 2.62 bits per heavy atom. The fourth-order valence-corrected chi connectivity index (χ4v) is 3.12. The Bertz CT molecular complexity index is 723. The Hall–Kier alpha value is -2.18. The first kappa shape index (κ1) is 16.7. The first-order chi connectivity index (χ1) is 11.5. The Kier molecular flexibility index (Phi) is 4.69. The lowest BCUT2D eigenvalue weighted by Crippen LogP contribution is -2.37. The maximum absolute atomic E-state index is 12.5. The third-order valence-electron chi connectivity index (χ3n) is 4.56. The molecule has 1 amide bonds. The number of anilines is 1. The highest BCUT2D eigenvalue weighted by molar-refractivity contribution is 5.94. The van der Waals surface area contributed by atoms with Crippen LogP contribution in [0.2, 0.25) is 0 Å². The second kappa shape index (κ2) is 6.75. The van der Waals surface area contributed by atoms with Crippen molar-refractivity contribution in [2.75, 3.05) is 26.0 Å². The summed E-state index contributed by atoms with van der Waals surface area (Å²) in [6, 6.07) is 9.85. The minimum absolute atomic E-state index is 0.0365. The Morgan fingerprint density at radius 1 is 1.29 bits per heavy atom. The third-order valence-corrected chi connectivity index (χ3v) is 4.56. The van der Waals surface area contributed by atoms with Crippen LogP contribution in [0.4, 0.5) is 5.82 Å². The molecule has 2 heterocycles. The van der Waals surface area contributed by atoms with Gasteiger partial charge in [-0.05, 0) is 39.4 Å². The van der Waals surface area contributed by atoms with Crippen LogP contribution < -0.4 is 5.32 Å². The zero-order chi connectivity index (χ0) is 17.3. The molecule has 1 aliphatic heterocycles. The summed E-state index contributed by atoms with van der Waals surface area (Å²) >= 11 is 0. The van der Waals surface area contributed by atoms with Crippen molar-refractivity contribution in [2.45, 2.75) is 32.4 Å². The molecule has 1 aromatic heterocycles. The van der Waals surface area contributed by atoms with Crippen molar-refractivity contribution in [3.63, 3.8) is 0 Å². The maximum Gasteiger partial charge on any atom is 0.243 e. The van der Waals surface area contributed by atoms with Gasteiger partial charge in [-0.25, -0.2) is 4.68 Å². The molecule has 6 heteroatoms. The van der Waals surface area contributed by atoms with Crippen LogP contribution in [0.25, 0.3) is 5.69 Å². The lowest BCUT2D eigenvalue weighted by atomic mass is 10.2. The lowest BCUT2D eigenvalue weighted by molar-refractivity contribution is -0.120. The van der Waals surface area contributed by atoms with E-state index in [0.29, 0.717) is 12.2 Å². The number of aromatic nitrogens is 2. The minimum Gasteiger partial charge on any atom is -0.380 e. The number of rotatable bonds is 4. The van der Waals surface area contributed by atoms with Gasteiger partial charge in [0.05, 0.1) is 17.8 Å². The van der Waals surface area contributed by atoms with Crippen molar-refractivity contribution in [2.24, 2.45) is 0 Å². The number of nitrogens with one attached hydrogen (secondary N) is 1. The number of hydrogen-bond acceptors (Lipinski definition) is 4. The molecule has 6 nitrogen and oxygen atoms in total. The average Bonchev–Trinajstić information content (AvgIpc) is 3.11. The highest BCUT2D eigenvalue weighted by Crippen LogP contribution is 2.21. The van der Waals surface area contributed by atoms with Crippen molar-refractivity contribution >= 4 is 11.7 Å². The van der Waals surface area contributed by atoms with Gasteiger partial charge in [0.25, 0.3) is 0 Å². The van der Waals surface area contributed by atoms with Crippen LogP contribution in [0.15, 0.2) is 30.3 Å². The second-order valence-electron chi connectivity index (χ2n) is 6.46. The van der Waals surface area contributed by atoms with Gasteiger partial charge in [0.15, 0.2) is 5.82 Å². The molecule has 1 N–H and O–H groups in total. The van der Waals surface area contributed by atoms with Crippen molar-refractivity contribution < 1.29 is 9.53 Å². The first-order valence-corrected chi connectivity index (χ1v) is 8.15. The standard InChI is InChI=1S/C18H24N4O2/c1-12-5-7-14(8-6-12)22-13(2)9-17(20-22)19-18(23)16-10-15(24-4)11-21(16)3/h5-9,15-16H,10-11H2,1-4H3,(H,19,20,23)/t15-,16-/m0/s1.